The predicted molar refractivity (Wildman–Crippen MR) is 350 cm³/mol. The first-order chi connectivity index (χ1) is 45.2. The number of hydrogen-bond acceptors (Lipinski definition) is 20. The van der Waals surface area contributed by atoms with Crippen LogP contribution in [0.3, 0.4) is 0 Å². The Hall–Kier alpha value is -11.8. The molecule has 3 N–H and O–H groups in total. The quantitative estimate of drug-likeness (QED) is 0.0245. The average molecular weight is 1330 g/mol. The lowest BCUT2D eigenvalue weighted by Crippen LogP contribution is -2.45. The minimum atomic E-state index is -2.72. The van der Waals surface area contributed by atoms with Crippen LogP contribution >= 0.6 is 11.6 Å². The highest BCUT2D eigenvalue weighted by Gasteiger charge is 2.49. The Balaban J connectivity index is 0.000000203. The number of carbonyl (C=O) groups excluding carboxylic acids is 8. The number of methoxy groups -OCH3 is 3. The van der Waals surface area contributed by atoms with E-state index in [1.54, 1.807) is 56.3 Å². The fourth-order valence-corrected chi connectivity index (χ4v) is 10.7. The Bertz CT molecular complexity index is 4750. The van der Waals surface area contributed by atoms with Gasteiger partial charge in [-0.3, -0.25) is 61.6 Å². The van der Waals surface area contributed by atoms with Crippen LogP contribution in [-0.4, -0.2) is 132 Å². The zero-order chi connectivity index (χ0) is 71.2. The molecule has 27 heteroatoms. The standard InChI is InChI=1S/C24H22N2O7.C23H22N2O6.C22H17ClN2O7/c1-13-18(12-21(28)29)19-11-17(33-4)9-10-20(19)26(13)23(31)16-7-5-15(6-8-16)22(30)24(3,25-32)14(2)27;1-13-17(12-20(26)27)18-11-16(31-4)9-10-19(18)25(13)22(29)15-7-5-14(6-8-15)21(28)23(2,3)24-30;1-11-17(18(26)22(2,24-31)19(27)21(29)30)15-10-14(32-3)8-9-16(15)25(11)20(28)12-4-6-13(23)7-5-12/h5-11H,12H2,1-4H3,(H,28,29);5-11H,12H2,1-4H3,(H,26,27);4-10H,1-3H3,(H,29,30). The van der Waals surface area contributed by atoms with E-state index < -0.39 is 75.3 Å². The summed E-state index contributed by atoms with van der Waals surface area (Å²) in [6.07, 6.45) is -0.511. The van der Waals surface area contributed by atoms with Gasteiger partial charge in [0.25, 0.3) is 23.5 Å². The molecule has 0 amide bonds. The second-order valence-electron chi connectivity index (χ2n) is 22.6. The SMILES string of the molecule is COc1ccc2c(c1)c(C(=O)C(C)(N=O)C(=O)C(=O)O)c(C)n2C(=O)c1ccc(Cl)cc1.COc1ccc2c(c1)c(CC(=O)O)c(C)n2C(=O)c1ccc(C(=O)C(C)(C)N=O)cc1.COc1ccc2c(c1)c(CC(=O)O)c(C)n2C(=O)c1ccc(C(=O)C(C)(N=O)C(C)=O)cc1. The third-order valence-corrected chi connectivity index (χ3v) is 16.5. The molecule has 0 spiro atoms. The fourth-order valence-electron chi connectivity index (χ4n) is 10.6. The van der Waals surface area contributed by atoms with Crippen LogP contribution in [0.1, 0.15) is 125 Å². The number of Topliss-reactive ketones (excluding diaryl/α,β-unsaturated/α-hetero) is 5. The number of aromatic nitrogens is 3. The number of rotatable bonds is 22. The summed E-state index contributed by atoms with van der Waals surface area (Å²) >= 11 is 5.89. The Morgan fingerprint density at radius 3 is 1.10 bits per heavy atom. The van der Waals surface area contributed by atoms with E-state index in [2.05, 4.69) is 15.5 Å². The van der Waals surface area contributed by atoms with Crippen molar-refractivity contribution in [3.8, 4) is 17.2 Å². The highest BCUT2D eigenvalue weighted by atomic mass is 35.5. The van der Waals surface area contributed by atoms with Crippen molar-refractivity contribution >= 4 is 109 Å². The number of carbonyl (C=O) groups is 11. The van der Waals surface area contributed by atoms with E-state index >= 15 is 0 Å². The molecule has 2 atom stereocenters. The van der Waals surface area contributed by atoms with Crippen LogP contribution < -0.4 is 14.2 Å². The summed E-state index contributed by atoms with van der Waals surface area (Å²) in [4.78, 5) is 170. The lowest BCUT2D eigenvalue weighted by molar-refractivity contribution is -0.150. The number of benzene rings is 6. The van der Waals surface area contributed by atoms with Crippen molar-refractivity contribution in [2.45, 2.75) is 84.8 Å². The molecule has 96 heavy (non-hydrogen) atoms. The van der Waals surface area contributed by atoms with Crippen molar-refractivity contribution in [3.05, 3.63) is 209 Å². The number of halogens is 1. The summed E-state index contributed by atoms with van der Waals surface area (Å²) in [5.41, 5.74) is -1.72. The Kier molecular flexibility index (Phi) is 21.3. The van der Waals surface area contributed by atoms with Gasteiger partial charge in [0, 0.05) is 71.6 Å². The summed E-state index contributed by atoms with van der Waals surface area (Å²) in [7, 11) is 4.40. The molecular formula is C69H61ClN6O20. The number of hydrogen-bond donors (Lipinski definition) is 3. The Morgan fingerprint density at radius 2 is 0.771 bits per heavy atom. The van der Waals surface area contributed by atoms with Crippen molar-refractivity contribution in [1.29, 1.82) is 0 Å². The number of nitrogens with zero attached hydrogens (tertiary/aromatic N) is 6. The van der Waals surface area contributed by atoms with Crippen LogP contribution in [0.15, 0.2) is 143 Å². The lowest BCUT2D eigenvalue weighted by Gasteiger charge is -2.16. The molecule has 6 aromatic carbocycles. The Labute approximate surface area is 550 Å². The first-order valence-electron chi connectivity index (χ1n) is 28.8. The van der Waals surface area contributed by atoms with Gasteiger partial charge in [-0.2, -0.15) is 0 Å². The van der Waals surface area contributed by atoms with Crippen LogP contribution in [0.5, 0.6) is 17.2 Å². The van der Waals surface area contributed by atoms with E-state index in [1.165, 1.54) is 141 Å². The van der Waals surface area contributed by atoms with Crippen LogP contribution in [-0.2, 0) is 36.8 Å². The molecule has 0 fully saturated rings. The van der Waals surface area contributed by atoms with Gasteiger partial charge in [-0.15, -0.1) is 14.7 Å². The first kappa shape index (κ1) is 71.6. The zero-order valence-corrected chi connectivity index (χ0v) is 54.1. The Morgan fingerprint density at radius 1 is 0.438 bits per heavy atom. The van der Waals surface area contributed by atoms with Gasteiger partial charge in [0.1, 0.15) is 17.2 Å². The molecule has 0 bridgehead atoms. The van der Waals surface area contributed by atoms with Gasteiger partial charge in [-0.05, 0) is 180 Å². The minimum Gasteiger partial charge on any atom is -0.497 e. The molecule has 3 aromatic heterocycles. The van der Waals surface area contributed by atoms with E-state index in [0.29, 0.717) is 77.7 Å². The normalized spacial score (nSPS) is 12.3. The number of carboxylic acids is 3. The molecule has 0 aliphatic rings. The smallest absolute Gasteiger partial charge is 0.375 e. The molecule has 3 heterocycles. The molecule has 9 rings (SSSR count). The van der Waals surface area contributed by atoms with Crippen molar-refractivity contribution in [2.75, 3.05) is 21.3 Å². The van der Waals surface area contributed by atoms with E-state index in [-0.39, 0.29) is 57.6 Å². The maximum atomic E-state index is 13.4. The van der Waals surface area contributed by atoms with Gasteiger partial charge in [0.15, 0.2) is 17.1 Å². The highest BCUT2D eigenvalue weighted by Crippen LogP contribution is 2.36. The molecular weight excluding hydrogens is 1270 g/mol. The highest BCUT2D eigenvalue weighted by molar-refractivity contribution is 6.44. The van der Waals surface area contributed by atoms with Crippen LogP contribution in [0.25, 0.3) is 32.7 Å². The van der Waals surface area contributed by atoms with E-state index in [9.17, 15) is 77.7 Å². The van der Waals surface area contributed by atoms with Crippen LogP contribution in [0, 0.1) is 35.5 Å². The number of aliphatic carboxylic acids is 3. The molecule has 0 saturated heterocycles. The molecule has 9 aromatic rings. The molecule has 26 nitrogen and oxygen atoms in total. The summed E-state index contributed by atoms with van der Waals surface area (Å²) in [6.45, 7) is 10.8. The van der Waals surface area contributed by atoms with Crippen molar-refractivity contribution in [1.82, 2.24) is 13.7 Å². The number of ketones is 5. The van der Waals surface area contributed by atoms with Crippen LogP contribution in [0.2, 0.25) is 5.02 Å². The van der Waals surface area contributed by atoms with E-state index in [1.807, 2.05) is 0 Å². The van der Waals surface area contributed by atoms with Gasteiger partial charge >= 0.3 is 17.9 Å². The van der Waals surface area contributed by atoms with Gasteiger partial charge < -0.3 is 29.5 Å². The maximum Gasteiger partial charge on any atom is 0.375 e. The lowest BCUT2D eigenvalue weighted by atomic mass is 9.86. The third-order valence-electron chi connectivity index (χ3n) is 16.2. The van der Waals surface area contributed by atoms with E-state index in [4.69, 9.17) is 30.9 Å². The predicted octanol–water partition coefficient (Wildman–Crippen LogP) is 11.2. The second-order valence-corrected chi connectivity index (χ2v) is 23.1. The molecule has 2 unspecified atom stereocenters. The number of nitroso groups, excluding NO2 is 3. The van der Waals surface area contributed by atoms with Gasteiger partial charge in [0.2, 0.25) is 22.6 Å². The monoisotopic (exact) mass is 1330 g/mol. The third kappa shape index (κ3) is 13.8. The summed E-state index contributed by atoms with van der Waals surface area (Å²) < 4.78 is 19.8. The van der Waals surface area contributed by atoms with Crippen molar-refractivity contribution < 1.29 is 82.3 Å². The summed E-state index contributed by atoms with van der Waals surface area (Å²) in [5, 5.41) is 37.7. The van der Waals surface area contributed by atoms with Crippen LogP contribution in [0.4, 0.5) is 0 Å². The summed E-state index contributed by atoms with van der Waals surface area (Å²) in [6, 6.07) is 32.3. The molecule has 0 aliphatic carbocycles. The van der Waals surface area contributed by atoms with Crippen molar-refractivity contribution in [3.63, 3.8) is 0 Å². The average Bonchev–Trinajstić information content (AvgIpc) is 1.59. The van der Waals surface area contributed by atoms with Gasteiger partial charge in [-0.1, -0.05) is 41.0 Å². The number of fused-ring (bicyclic) bond motifs is 3. The molecule has 0 aliphatic heterocycles. The topological polar surface area (TPSA) is 379 Å². The maximum absolute atomic E-state index is 13.4. The number of ether oxygens (including phenoxy) is 3. The summed E-state index contributed by atoms with van der Waals surface area (Å²) in [5.74, 6) is -8.60. The molecule has 494 valence electrons. The second kappa shape index (κ2) is 28.6. The number of carboxylic acid groups (broad SMARTS) is 3. The zero-order valence-electron chi connectivity index (χ0n) is 53.4. The molecule has 0 saturated carbocycles. The first-order valence-corrected chi connectivity index (χ1v) is 29.1. The fraction of sp³-hybridized carbons (Fsp3) is 0.232. The minimum absolute atomic E-state index is 0.0641. The van der Waals surface area contributed by atoms with E-state index in [0.717, 1.165) is 20.8 Å². The van der Waals surface area contributed by atoms with Gasteiger partial charge in [-0.25, -0.2) is 4.79 Å². The molecule has 0 radical (unpaired) electrons. The largest absolute Gasteiger partial charge is 0.497 e. The van der Waals surface area contributed by atoms with Gasteiger partial charge in [0.05, 0.1) is 50.7 Å². The van der Waals surface area contributed by atoms with Crippen molar-refractivity contribution in [2.24, 2.45) is 15.5 Å².